The molecular formula is C31H31N7O3. The van der Waals surface area contributed by atoms with E-state index in [1.54, 1.807) is 17.8 Å². The Labute approximate surface area is 237 Å². The molecule has 10 heteroatoms. The van der Waals surface area contributed by atoms with Gasteiger partial charge >= 0.3 is 0 Å². The van der Waals surface area contributed by atoms with Crippen molar-refractivity contribution in [3.05, 3.63) is 106 Å². The maximum Gasteiger partial charge on any atom is 0.263 e. The van der Waals surface area contributed by atoms with E-state index < -0.39 is 6.04 Å². The SMILES string of the molecule is Cc1cc(-c2cccc3cc([C@H](C)Nc4nc(N)ncc4C(=O)N(C)CCO)n(-c4ccccc4)c(=O)c23)ccn1. The van der Waals surface area contributed by atoms with Gasteiger partial charge in [0.25, 0.3) is 11.5 Å². The van der Waals surface area contributed by atoms with E-state index in [2.05, 4.69) is 20.3 Å². The number of aromatic nitrogens is 4. The second-order valence-corrected chi connectivity index (χ2v) is 9.81. The average Bonchev–Trinajstić information content (AvgIpc) is 2.97. The molecule has 0 aliphatic carbocycles. The number of anilines is 2. The number of benzene rings is 2. The highest BCUT2D eigenvalue weighted by atomic mass is 16.3. The lowest BCUT2D eigenvalue weighted by Gasteiger charge is -2.24. The van der Waals surface area contributed by atoms with E-state index in [9.17, 15) is 14.7 Å². The fourth-order valence-corrected chi connectivity index (χ4v) is 4.90. The molecule has 0 aliphatic heterocycles. The third-order valence-electron chi connectivity index (χ3n) is 6.91. The lowest BCUT2D eigenvalue weighted by atomic mass is 9.98. The van der Waals surface area contributed by atoms with Gasteiger partial charge in [-0.3, -0.25) is 19.1 Å². The Morgan fingerprint density at radius 1 is 1.10 bits per heavy atom. The molecule has 1 amide bonds. The molecule has 3 heterocycles. The number of aliphatic hydroxyl groups is 1. The number of aryl methyl sites for hydroxylation is 1. The van der Waals surface area contributed by atoms with Crippen LogP contribution in [0.25, 0.3) is 27.6 Å². The summed E-state index contributed by atoms with van der Waals surface area (Å²) in [6.07, 6.45) is 3.10. The summed E-state index contributed by atoms with van der Waals surface area (Å²) < 4.78 is 1.68. The minimum Gasteiger partial charge on any atom is -0.395 e. The van der Waals surface area contributed by atoms with Crippen LogP contribution in [0.5, 0.6) is 0 Å². The van der Waals surface area contributed by atoms with Crippen LogP contribution in [-0.4, -0.2) is 55.6 Å². The van der Waals surface area contributed by atoms with Crippen LogP contribution < -0.4 is 16.6 Å². The summed E-state index contributed by atoms with van der Waals surface area (Å²) in [6.45, 7) is 3.78. The van der Waals surface area contributed by atoms with E-state index in [1.807, 2.05) is 80.6 Å². The standard InChI is InChI=1S/C31H31N7O3/c1-19-16-21(12-13-33-19)24-11-7-8-22-17-26(38(30(41)27(22)24)23-9-5-4-6-10-23)20(2)35-28-25(18-34-31(32)36-28)29(40)37(3)14-15-39/h4-13,16-18,20,39H,14-15H2,1-3H3,(H3,32,34,35,36)/t20-/m0/s1. The molecule has 4 N–H and O–H groups in total. The molecule has 10 nitrogen and oxygen atoms in total. The Morgan fingerprint density at radius 3 is 2.61 bits per heavy atom. The molecule has 0 saturated heterocycles. The Kier molecular flexibility index (Phi) is 7.75. The zero-order valence-electron chi connectivity index (χ0n) is 23.1. The molecule has 0 spiro atoms. The number of hydrogen-bond acceptors (Lipinski definition) is 8. The van der Waals surface area contributed by atoms with Gasteiger partial charge in [0.05, 0.1) is 18.0 Å². The topological polar surface area (TPSA) is 139 Å². The minimum absolute atomic E-state index is 0.00249. The van der Waals surface area contributed by atoms with E-state index in [1.165, 1.54) is 11.1 Å². The zero-order chi connectivity index (χ0) is 29.1. The number of pyridine rings is 2. The normalized spacial score (nSPS) is 11.8. The van der Waals surface area contributed by atoms with E-state index >= 15 is 0 Å². The molecule has 0 bridgehead atoms. The quantitative estimate of drug-likeness (QED) is 0.264. The van der Waals surface area contributed by atoms with Gasteiger partial charge < -0.3 is 21.1 Å². The van der Waals surface area contributed by atoms with Crippen LogP contribution in [0.4, 0.5) is 11.8 Å². The number of nitrogens with zero attached hydrogens (tertiary/aromatic N) is 5. The fraction of sp³-hybridized carbons (Fsp3) is 0.194. The monoisotopic (exact) mass is 549 g/mol. The van der Waals surface area contributed by atoms with Gasteiger partial charge in [0.2, 0.25) is 5.95 Å². The first-order valence-corrected chi connectivity index (χ1v) is 13.2. The number of likely N-dealkylation sites (N-methyl/N-ethyl adjacent to an activating group) is 1. The van der Waals surface area contributed by atoms with Gasteiger partial charge in [-0.05, 0) is 60.7 Å². The largest absolute Gasteiger partial charge is 0.395 e. The van der Waals surface area contributed by atoms with Crippen LogP contribution in [0.3, 0.4) is 0 Å². The molecule has 5 rings (SSSR count). The summed E-state index contributed by atoms with van der Waals surface area (Å²) in [5.41, 5.74) is 9.86. The number of para-hydroxylation sites is 1. The van der Waals surface area contributed by atoms with Crippen molar-refractivity contribution < 1.29 is 9.90 Å². The van der Waals surface area contributed by atoms with Crippen LogP contribution in [0.15, 0.2) is 83.9 Å². The lowest BCUT2D eigenvalue weighted by Crippen LogP contribution is -2.31. The van der Waals surface area contributed by atoms with Crippen molar-refractivity contribution in [3.8, 4) is 16.8 Å². The predicted octanol–water partition coefficient (Wildman–Crippen LogP) is 3.97. The molecule has 0 saturated carbocycles. The maximum absolute atomic E-state index is 14.4. The second kappa shape index (κ2) is 11.6. The van der Waals surface area contributed by atoms with Gasteiger partial charge in [0, 0.05) is 43.1 Å². The van der Waals surface area contributed by atoms with Gasteiger partial charge in [-0.2, -0.15) is 4.98 Å². The summed E-state index contributed by atoms with van der Waals surface area (Å²) in [4.78, 5) is 41.5. The lowest BCUT2D eigenvalue weighted by molar-refractivity contribution is 0.0767. The molecular weight excluding hydrogens is 518 g/mol. The third-order valence-corrected chi connectivity index (χ3v) is 6.91. The second-order valence-electron chi connectivity index (χ2n) is 9.81. The number of nitrogen functional groups attached to an aromatic ring is 1. The molecule has 0 aliphatic rings. The smallest absolute Gasteiger partial charge is 0.263 e. The summed E-state index contributed by atoms with van der Waals surface area (Å²) in [5, 5.41) is 14.0. The number of amides is 1. The Bertz CT molecular complexity index is 1790. The fourth-order valence-electron chi connectivity index (χ4n) is 4.90. The van der Waals surface area contributed by atoms with Gasteiger partial charge in [-0.1, -0.05) is 36.4 Å². The van der Waals surface area contributed by atoms with Crippen molar-refractivity contribution in [1.29, 1.82) is 0 Å². The number of nitrogens with two attached hydrogens (primary N) is 1. The molecule has 0 radical (unpaired) electrons. The van der Waals surface area contributed by atoms with Gasteiger partial charge in [-0.25, -0.2) is 4.98 Å². The summed E-state index contributed by atoms with van der Waals surface area (Å²) >= 11 is 0. The van der Waals surface area contributed by atoms with Gasteiger partial charge in [-0.15, -0.1) is 0 Å². The molecule has 41 heavy (non-hydrogen) atoms. The summed E-state index contributed by atoms with van der Waals surface area (Å²) in [7, 11) is 1.58. The van der Waals surface area contributed by atoms with Crippen LogP contribution in [0.2, 0.25) is 0 Å². The molecule has 3 aromatic heterocycles. The number of nitrogens with one attached hydrogen (secondary N) is 1. The van der Waals surface area contributed by atoms with Crippen LogP contribution in [0.1, 0.15) is 34.7 Å². The van der Waals surface area contributed by atoms with Crippen LogP contribution in [0, 0.1) is 6.92 Å². The first kappa shape index (κ1) is 27.5. The number of hydrogen-bond donors (Lipinski definition) is 3. The van der Waals surface area contributed by atoms with Crippen molar-refractivity contribution in [1.82, 2.24) is 24.4 Å². The first-order chi connectivity index (χ1) is 19.8. The molecule has 2 aromatic carbocycles. The highest BCUT2D eigenvalue weighted by molar-refractivity contribution is 5.99. The van der Waals surface area contributed by atoms with Crippen molar-refractivity contribution in [2.24, 2.45) is 0 Å². The molecule has 208 valence electrons. The number of fused-ring (bicyclic) bond motifs is 1. The van der Waals surface area contributed by atoms with Crippen LogP contribution >= 0.6 is 0 Å². The summed E-state index contributed by atoms with van der Waals surface area (Å²) in [6, 6.07) is 20.6. The van der Waals surface area contributed by atoms with E-state index in [-0.39, 0.29) is 41.9 Å². The molecule has 0 unspecified atom stereocenters. The molecule has 1 atom stereocenters. The van der Waals surface area contributed by atoms with Crippen molar-refractivity contribution >= 4 is 28.4 Å². The first-order valence-electron chi connectivity index (χ1n) is 13.2. The molecule has 5 aromatic rings. The summed E-state index contributed by atoms with van der Waals surface area (Å²) in [5.74, 6) is -0.143. The van der Waals surface area contributed by atoms with E-state index in [0.717, 1.165) is 22.2 Å². The Hall–Kier alpha value is -5.09. The number of carbonyl (C=O) groups is 1. The van der Waals surface area contributed by atoms with E-state index in [0.29, 0.717) is 16.8 Å². The van der Waals surface area contributed by atoms with Crippen LogP contribution in [-0.2, 0) is 0 Å². The number of carbonyl (C=O) groups excluding carboxylic acids is 1. The number of aliphatic hydroxyl groups excluding tert-OH is 1. The van der Waals surface area contributed by atoms with Gasteiger partial charge in [0.1, 0.15) is 11.4 Å². The Morgan fingerprint density at radius 2 is 1.88 bits per heavy atom. The Balaban J connectivity index is 1.68. The van der Waals surface area contributed by atoms with Crippen molar-refractivity contribution in [3.63, 3.8) is 0 Å². The zero-order valence-corrected chi connectivity index (χ0v) is 23.1. The maximum atomic E-state index is 14.4. The highest BCUT2D eigenvalue weighted by Gasteiger charge is 2.23. The van der Waals surface area contributed by atoms with E-state index in [4.69, 9.17) is 5.73 Å². The van der Waals surface area contributed by atoms with Crippen molar-refractivity contribution in [2.75, 3.05) is 31.2 Å². The van der Waals surface area contributed by atoms with Crippen molar-refractivity contribution in [2.45, 2.75) is 19.9 Å². The average molecular weight is 550 g/mol. The van der Waals surface area contributed by atoms with Gasteiger partial charge in [0.15, 0.2) is 0 Å². The third kappa shape index (κ3) is 5.50. The predicted molar refractivity (Wildman–Crippen MR) is 160 cm³/mol. The molecule has 0 fully saturated rings. The highest BCUT2D eigenvalue weighted by Crippen LogP contribution is 2.30. The number of rotatable bonds is 8. The minimum atomic E-state index is -0.483.